The Balaban J connectivity index is 2.09. The quantitative estimate of drug-likeness (QED) is 0.887. The summed E-state index contributed by atoms with van der Waals surface area (Å²) in [5, 5.41) is 0.998. The Morgan fingerprint density at radius 2 is 2.20 bits per heavy atom. The second-order valence-corrected chi connectivity index (χ2v) is 6.76. The van der Waals surface area contributed by atoms with Crippen LogP contribution in [0.25, 0.3) is 0 Å². The van der Waals surface area contributed by atoms with E-state index in [0.29, 0.717) is 0 Å². The maximum Gasteiger partial charge on any atom is 0.176 e. The molecule has 0 aromatic carbocycles. The van der Waals surface area contributed by atoms with Crippen molar-refractivity contribution >= 4 is 23.3 Å². The number of hydrogen-bond acceptors (Lipinski definition) is 6. The number of nitrogens with zero attached hydrogens (tertiary/aromatic N) is 3. The van der Waals surface area contributed by atoms with Crippen molar-refractivity contribution in [2.75, 3.05) is 0 Å². The SMILES string of the molecule is CCc1nsc(Sc2ncc(CC(N)CC)cc2C)n1. The van der Waals surface area contributed by atoms with Crippen LogP contribution in [0.15, 0.2) is 21.6 Å². The van der Waals surface area contributed by atoms with Crippen molar-refractivity contribution < 1.29 is 0 Å². The maximum atomic E-state index is 5.99. The second kappa shape index (κ2) is 7.15. The Hall–Kier alpha value is -0.980. The first-order chi connectivity index (χ1) is 9.62. The molecule has 2 N–H and O–H groups in total. The van der Waals surface area contributed by atoms with Crippen LogP contribution in [0.5, 0.6) is 0 Å². The molecule has 2 aromatic rings. The topological polar surface area (TPSA) is 64.7 Å². The van der Waals surface area contributed by atoms with E-state index in [1.165, 1.54) is 22.7 Å². The van der Waals surface area contributed by atoms with Gasteiger partial charge in [0, 0.05) is 18.7 Å². The van der Waals surface area contributed by atoms with Gasteiger partial charge < -0.3 is 5.73 Å². The van der Waals surface area contributed by atoms with E-state index in [1.807, 2.05) is 6.20 Å². The summed E-state index contributed by atoms with van der Waals surface area (Å²) in [6, 6.07) is 2.39. The molecule has 6 heteroatoms. The van der Waals surface area contributed by atoms with E-state index < -0.39 is 0 Å². The van der Waals surface area contributed by atoms with Crippen LogP contribution < -0.4 is 5.73 Å². The van der Waals surface area contributed by atoms with Crippen molar-refractivity contribution in [2.45, 2.75) is 55.4 Å². The molecule has 0 spiro atoms. The van der Waals surface area contributed by atoms with Gasteiger partial charge in [-0.2, -0.15) is 4.37 Å². The Morgan fingerprint density at radius 3 is 2.80 bits per heavy atom. The van der Waals surface area contributed by atoms with E-state index in [1.54, 1.807) is 11.8 Å². The fourth-order valence-corrected chi connectivity index (χ4v) is 3.43. The van der Waals surface area contributed by atoms with Crippen LogP contribution in [-0.4, -0.2) is 20.4 Å². The van der Waals surface area contributed by atoms with Gasteiger partial charge in [0.1, 0.15) is 10.9 Å². The van der Waals surface area contributed by atoms with Crippen LogP contribution in [0, 0.1) is 6.92 Å². The van der Waals surface area contributed by atoms with Crippen LogP contribution in [0.2, 0.25) is 0 Å². The summed E-state index contributed by atoms with van der Waals surface area (Å²) in [6.45, 7) is 6.25. The summed E-state index contributed by atoms with van der Waals surface area (Å²) in [5.74, 6) is 0.903. The van der Waals surface area contributed by atoms with E-state index >= 15 is 0 Å². The third-order valence-electron chi connectivity index (χ3n) is 3.06. The predicted molar refractivity (Wildman–Crippen MR) is 84.4 cm³/mol. The average Bonchev–Trinajstić information content (AvgIpc) is 2.89. The molecule has 0 fully saturated rings. The third-order valence-corrected chi connectivity index (χ3v) is 4.97. The molecule has 1 atom stereocenters. The van der Waals surface area contributed by atoms with Crippen LogP contribution in [0.4, 0.5) is 0 Å². The van der Waals surface area contributed by atoms with Crippen molar-refractivity contribution in [3.8, 4) is 0 Å². The van der Waals surface area contributed by atoms with Gasteiger partial charge in [-0.15, -0.1) is 0 Å². The molecule has 108 valence electrons. The number of aromatic nitrogens is 3. The smallest absolute Gasteiger partial charge is 0.176 e. The van der Waals surface area contributed by atoms with Crippen molar-refractivity contribution in [2.24, 2.45) is 5.73 Å². The Bertz CT molecular complexity index is 568. The highest BCUT2D eigenvalue weighted by Gasteiger charge is 2.10. The molecule has 0 aliphatic rings. The van der Waals surface area contributed by atoms with Gasteiger partial charge in [0.15, 0.2) is 4.34 Å². The molecule has 0 bridgehead atoms. The molecule has 1 unspecified atom stereocenters. The minimum Gasteiger partial charge on any atom is -0.327 e. The monoisotopic (exact) mass is 308 g/mol. The molecule has 20 heavy (non-hydrogen) atoms. The first kappa shape index (κ1) is 15.4. The van der Waals surface area contributed by atoms with Crippen LogP contribution in [0.3, 0.4) is 0 Å². The Labute approximate surface area is 128 Å². The summed E-state index contributed by atoms with van der Waals surface area (Å²) in [5.41, 5.74) is 8.36. The van der Waals surface area contributed by atoms with E-state index in [2.05, 4.69) is 41.2 Å². The molecule has 4 nitrogen and oxygen atoms in total. The standard InChI is InChI=1S/C14H20N4S2/c1-4-11(15)7-10-6-9(3)13(16-8-10)19-14-17-12(5-2)18-20-14/h6,8,11H,4-5,7,15H2,1-3H3. The van der Waals surface area contributed by atoms with Gasteiger partial charge in [-0.05, 0) is 54.2 Å². The molecule has 0 aliphatic carbocycles. The fourth-order valence-electron chi connectivity index (χ4n) is 1.79. The molecule has 0 amide bonds. The van der Waals surface area contributed by atoms with Crippen LogP contribution >= 0.6 is 23.3 Å². The summed E-state index contributed by atoms with van der Waals surface area (Å²) >= 11 is 3.02. The lowest BCUT2D eigenvalue weighted by Crippen LogP contribution is -2.21. The van der Waals surface area contributed by atoms with E-state index in [9.17, 15) is 0 Å². The zero-order chi connectivity index (χ0) is 14.5. The van der Waals surface area contributed by atoms with Crippen molar-refractivity contribution in [1.29, 1.82) is 0 Å². The van der Waals surface area contributed by atoms with E-state index in [-0.39, 0.29) is 6.04 Å². The lowest BCUT2D eigenvalue weighted by molar-refractivity contribution is 0.644. The second-order valence-electron chi connectivity index (χ2n) is 4.77. The number of rotatable bonds is 6. The predicted octanol–water partition coefficient (Wildman–Crippen LogP) is 3.23. The number of nitrogens with two attached hydrogens (primary N) is 1. The minimum atomic E-state index is 0.213. The van der Waals surface area contributed by atoms with Gasteiger partial charge in [0.25, 0.3) is 0 Å². The first-order valence-electron chi connectivity index (χ1n) is 6.83. The molecular weight excluding hydrogens is 288 g/mol. The molecule has 0 aliphatic heterocycles. The molecule has 2 aromatic heterocycles. The average molecular weight is 308 g/mol. The normalized spacial score (nSPS) is 12.6. The van der Waals surface area contributed by atoms with Crippen molar-refractivity contribution in [1.82, 2.24) is 14.3 Å². The van der Waals surface area contributed by atoms with Crippen molar-refractivity contribution in [3.05, 3.63) is 29.2 Å². The van der Waals surface area contributed by atoms with E-state index in [4.69, 9.17) is 5.73 Å². The van der Waals surface area contributed by atoms with Crippen LogP contribution in [-0.2, 0) is 12.8 Å². The lowest BCUT2D eigenvalue weighted by Gasteiger charge is -2.10. The minimum absolute atomic E-state index is 0.213. The summed E-state index contributed by atoms with van der Waals surface area (Å²) in [7, 11) is 0. The first-order valence-corrected chi connectivity index (χ1v) is 8.42. The Morgan fingerprint density at radius 1 is 1.40 bits per heavy atom. The van der Waals surface area contributed by atoms with E-state index in [0.717, 1.165) is 34.5 Å². The van der Waals surface area contributed by atoms with Crippen molar-refractivity contribution in [3.63, 3.8) is 0 Å². The molecule has 0 saturated heterocycles. The summed E-state index contributed by atoms with van der Waals surface area (Å²) in [6.07, 6.45) is 4.66. The van der Waals surface area contributed by atoms with Gasteiger partial charge in [-0.3, -0.25) is 0 Å². The molecule has 2 heterocycles. The molecule has 2 rings (SSSR count). The molecular formula is C14H20N4S2. The zero-order valence-corrected chi connectivity index (χ0v) is 13.7. The molecule has 0 saturated carbocycles. The molecule has 0 radical (unpaired) electrons. The van der Waals surface area contributed by atoms with Gasteiger partial charge in [0.05, 0.1) is 0 Å². The summed E-state index contributed by atoms with van der Waals surface area (Å²) < 4.78 is 5.25. The largest absolute Gasteiger partial charge is 0.327 e. The Kier molecular flexibility index (Phi) is 5.51. The lowest BCUT2D eigenvalue weighted by atomic mass is 10.1. The fraction of sp³-hybridized carbons (Fsp3) is 0.500. The number of aryl methyl sites for hydroxylation is 2. The zero-order valence-electron chi connectivity index (χ0n) is 12.1. The highest BCUT2D eigenvalue weighted by atomic mass is 32.2. The van der Waals surface area contributed by atoms with Gasteiger partial charge in [0.2, 0.25) is 0 Å². The number of hydrogen-bond donors (Lipinski definition) is 1. The van der Waals surface area contributed by atoms with Gasteiger partial charge in [-0.1, -0.05) is 19.9 Å². The highest BCUT2D eigenvalue weighted by molar-refractivity contribution is 8.00. The number of pyridine rings is 1. The van der Waals surface area contributed by atoms with Gasteiger partial charge in [-0.25, -0.2) is 9.97 Å². The maximum absolute atomic E-state index is 5.99. The van der Waals surface area contributed by atoms with Gasteiger partial charge >= 0.3 is 0 Å². The third kappa shape index (κ3) is 4.01. The summed E-state index contributed by atoms with van der Waals surface area (Å²) in [4.78, 5) is 9.00. The highest BCUT2D eigenvalue weighted by Crippen LogP contribution is 2.30. The van der Waals surface area contributed by atoms with Crippen LogP contribution in [0.1, 0.15) is 37.2 Å².